The number of rotatable bonds is 6. The summed E-state index contributed by atoms with van der Waals surface area (Å²) in [6.45, 7) is 5.19. The first-order valence-electron chi connectivity index (χ1n) is 9.29. The second-order valence-corrected chi connectivity index (χ2v) is 7.22. The number of amides is 2. The molecule has 1 aliphatic rings. The number of anilines is 1. The van der Waals surface area contributed by atoms with E-state index in [1.165, 1.54) is 5.56 Å². The average Bonchev–Trinajstić information content (AvgIpc) is 3.08. The highest BCUT2D eigenvalue weighted by atomic mass is 16.5. The number of hydrogen-bond donors (Lipinski definition) is 1. The Kier molecular flexibility index (Phi) is 5.79. The van der Waals surface area contributed by atoms with Crippen LogP contribution in [0.4, 0.5) is 5.69 Å². The van der Waals surface area contributed by atoms with E-state index in [0.717, 1.165) is 17.0 Å². The quantitative estimate of drug-likeness (QED) is 0.851. The summed E-state index contributed by atoms with van der Waals surface area (Å²) in [5.74, 6) is 0.800. The van der Waals surface area contributed by atoms with Gasteiger partial charge in [0.15, 0.2) is 0 Å². The van der Waals surface area contributed by atoms with E-state index in [2.05, 4.69) is 31.3 Å². The van der Waals surface area contributed by atoms with Crippen molar-refractivity contribution in [2.75, 3.05) is 18.6 Å². The van der Waals surface area contributed by atoms with Crippen LogP contribution in [0.2, 0.25) is 0 Å². The molecule has 27 heavy (non-hydrogen) atoms. The summed E-state index contributed by atoms with van der Waals surface area (Å²) in [6, 6.07) is 15.6. The normalized spacial score (nSPS) is 16.7. The fourth-order valence-electron chi connectivity index (χ4n) is 3.25. The number of methoxy groups -OCH3 is 1. The molecule has 1 N–H and O–H groups in total. The Balaban J connectivity index is 1.56. The summed E-state index contributed by atoms with van der Waals surface area (Å²) in [4.78, 5) is 26.5. The maximum atomic E-state index is 12.5. The van der Waals surface area contributed by atoms with Gasteiger partial charge in [0.25, 0.3) is 0 Å². The molecule has 2 aromatic rings. The van der Waals surface area contributed by atoms with Crippen LogP contribution in [0.1, 0.15) is 37.3 Å². The first-order chi connectivity index (χ1) is 13.0. The molecule has 1 heterocycles. The maximum Gasteiger partial charge on any atom is 0.227 e. The smallest absolute Gasteiger partial charge is 0.227 e. The van der Waals surface area contributed by atoms with Crippen molar-refractivity contribution in [3.63, 3.8) is 0 Å². The predicted molar refractivity (Wildman–Crippen MR) is 106 cm³/mol. The number of nitrogens with one attached hydrogen (secondary N) is 1. The van der Waals surface area contributed by atoms with Crippen molar-refractivity contribution in [2.45, 2.75) is 32.7 Å². The highest BCUT2D eigenvalue weighted by Gasteiger charge is 2.34. The topological polar surface area (TPSA) is 58.6 Å². The Hall–Kier alpha value is -2.82. The van der Waals surface area contributed by atoms with Crippen molar-refractivity contribution in [1.82, 2.24) is 5.32 Å². The second kappa shape index (κ2) is 8.25. The fraction of sp³-hybridized carbons (Fsp3) is 0.364. The molecule has 5 heteroatoms. The third-order valence-corrected chi connectivity index (χ3v) is 4.99. The molecule has 0 spiro atoms. The zero-order valence-electron chi connectivity index (χ0n) is 16.1. The number of nitrogens with zero attached hydrogens (tertiary/aromatic N) is 1. The monoisotopic (exact) mass is 366 g/mol. The summed E-state index contributed by atoms with van der Waals surface area (Å²) in [6.07, 6.45) is 0.240. The van der Waals surface area contributed by atoms with Crippen LogP contribution in [0.15, 0.2) is 48.5 Å². The highest BCUT2D eigenvalue weighted by molar-refractivity contribution is 6.00. The Morgan fingerprint density at radius 3 is 2.41 bits per heavy atom. The van der Waals surface area contributed by atoms with Crippen LogP contribution in [0.25, 0.3) is 0 Å². The number of benzene rings is 2. The van der Waals surface area contributed by atoms with Crippen LogP contribution in [0.3, 0.4) is 0 Å². The maximum absolute atomic E-state index is 12.5. The third kappa shape index (κ3) is 4.48. The standard InChI is InChI=1S/C22H26N2O3/c1-15(2)17-6-4-16(5-7-17)13-23-22(26)18-12-21(25)24(14-18)19-8-10-20(27-3)11-9-19/h4-11,15,18H,12-14H2,1-3H3,(H,23,26). The van der Waals surface area contributed by atoms with E-state index in [-0.39, 0.29) is 24.2 Å². The minimum atomic E-state index is -0.325. The van der Waals surface area contributed by atoms with Crippen molar-refractivity contribution < 1.29 is 14.3 Å². The summed E-state index contributed by atoms with van der Waals surface area (Å²) < 4.78 is 5.14. The lowest BCUT2D eigenvalue weighted by Crippen LogP contribution is -2.32. The lowest BCUT2D eigenvalue weighted by atomic mass is 10.0. The second-order valence-electron chi connectivity index (χ2n) is 7.22. The number of ether oxygens (including phenoxy) is 1. The molecule has 1 fully saturated rings. The highest BCUT2D eigenvalue weighted by Crippen LogP contribution is 2.27. The van der Waals surface area contributed by atoms with Gasteiger partial charge in [0, 0.05) is 25.2 Å². The third-order valence-electron chi connectivity index (χ3n) is 4.99. The van der Waals surface area contributed by atoms with Crippen LogP contribution in [0.5, 0.6) is 5.75 Å². The van der Waals surface area contributed by atoms with Gasteiger partial charge in [-0.25, -0.2) is 0 Å². The van der Waals surface area contributed by atoms with Crippen LogP contribution < -0.4 is 15.0 Å². The summed E-state index contributed by atoms with van der Waals surface area (Å²) >= 11 is 0. The van der Waals surface area contributed by atoms with Gasteiger partial charge in [-0.15, -0.1) is 0 Å². The van der Waals surface area contributed by atoms with Crippen molar-refractivity contribution >= 4 is 17.5 Å². The minimum absolute atomic E-state index is 0.0263. The molecule has 2 aromatic carbocycles. The van der Waals surface area contributed by atoms with E-state index in [4.69, 9.17) is 4.74 Å². The average molecular weight is 366 g/mol. The molecule has 1 aliphatic heterocycles. The van der Waals surface area contributed by atoms with E-state index in [1.807, 2.05) is 36.4 Å². The summed E-state index contributed by atoms with van der Waals surface area (Å²) in [7, 11) is 1.60. The van der Waals surface area contributed by atoms with Gasteiger partial charge >= 0.3 is 0 Å². The van der Waals surface area contributed by atoms with E-state index in [1.54, 1.807) is 12.0 Å². The van der Waals surface area contributed by atoms with Gasteiger partial charge in [-0.1, -0.05) is 38.1 Å². The van der Waals surface area contributed by atoms with Crippen LogP contribution in [0, 0.1) is 5.92 Å². The van der Waals surface area contributed by atoms with Crippen LogP contribution in [-0.4, -0.2) is 25.5 Å². The molecular weight excluding hydrogens is 340 g/mol. The van der Waals surface area contributed by atoms with Crippen LogP contribution in [-0.2, 0) is 16.1 Å². The van der Waals surface area contributed by atoms with Gasteiger partial charge in [-0.2, -0.15) is 0 Å². The molecule has 0 saturated carbocycles. The lowest BCUT2D eigenvalue weighted by Gasteiger charge is -2.17. The molecule has 0 aromatic heterocycles. The van der Waals surface area contributed by atoms with E-state index in [0.29, 0.717) is 19.0 Å². The summed E-state index contributed by atoms with van der Waals surface area (Å²) in [5, 5.41) is 2.96. The van der Waals surface area contributed by atoms with E-state index in [9.17, 15) is 9.59 Å². The summed E-state index contributed by atoms with van der Waals surface area (Å²) in [5.41, 5.74) is 3.13. The molecule has 0 aliphatic carbocycles. The molecular formula is C22H26N2O3. The Morgan fingerprint density at radius 2 is 1.81 bits per heavy atom. The largest absolute Gasteiger partial charge is 0.497 e. The van der Waals surface area contributed by atoms with Crippen LogP contribution >= 0.6 is 0 Å². The molecule has 2 amide bonds. The molecule has 1 atom stereocenters. The zero-order valence-corrected chi connectivity index (χ0v) is 16.1. The molecule has 142 valence electrons. The van der Waals surface area contributed by atoms with Gasteiger partial charge in [-0.3, -0.25) is 9.59 Å². The van der Waals surface area contributed by atoms with Crippen molar-refractivity contribution in [3.05, 3.63) is 59.7 Å². The molecule has 1 unspecified atom stereocenters. The molecule has 5 nitrogen and oxygen atoms in total. The van der Waals surface area contributed by atoms with Gasteiger partial charge in [0.1, 0.15) is 5.75 Å². The van der Waals surface area contributed by atoms with Gasteiger partial charge in [0.2, 0.25) is 11.8 Å². The number of carbonyl (C=O) groups excluding carboxylic acids is 2. The van der Waals surface area contributed by atoms with Gasteiger partial charge in [0.05, 0.1) is 13.0 Å². The fourth-order valence-corrected chi connectivity index (χ4v) is 3.25. The molecule has 0 radical (unpaired) electrons. The van der Waals surface area contributed by atoms with E-state index < -0.39 is 0 Å². The zero-order chi connectivity index (χ0) is 19.4. The Bertz CT molecular complexity index is 797. The van der Waals surface area contributed by atoms with E-state index >= 15 is 0 Å². The van der Waals surface area contributed by atoms with Gasteiger partial charge < -0.3 is 15.0 Å². The van der Waals surface area contributed by atoms with Gasteiger partial charge in [-0.05, 0) is 41.3 Å². The van der Waals surface area contributed by atoms with Crippen molar-refractivity contribution in [3.8, 4) is 5.75 Å². The molecule has 1 saturated heterocycles. The molecule has 3 rings (SSSR count). The number of hydrogen-bond acceptors (Lipinski definition) is 3. The van der Waals surface area contributed by atoms with Crippen molar-refractivity contribution in [1.29, 1.82) is 0 Å². The predicted octanol–water partition coefficient (Wildman–Crippen LogP) is 3.49. The Labute approximate surface area is 160 Å². The first kappa shape index (κ1) is 19.0. The lowest BCUT2D eigenvalue weighted by molar-refractivity contribution is -0.126. The number of carbonyl (C=O) groups is 2. The first-order valence-corrected chi connectivity index (χ1v) is 9.29. The Morgan fingerprint density at radius 1 is 1.15 bits per heavy atom. The SMILES string of the molecule is COc1ccc(N2CC(C(=O)NCc3ccc(C(C)C)cc3)CC2=O)cc1. The minimum Gasteiger partial charge on any atom is -0.497 e. The molecule has 0 bridgehead atoms. The van der Waals surface area contributed by atoms with Crippen molar-refractivity contribution in [2.24, 2.45) is 5.92 Å².